The third kappa shape index (κ3) is 4.10. The van der Waals surface area contributed by atoms with Crippen molar-refractivity contribution in [2.24, 2.45) is 0 Å². The Hall–Kier alpha value is -4.50. The van der Waals surface area contributed by atoms with Crippen LogP contribution in [0.25, 0.3) is 10.9 Å². The van der Waals surface area contributed by atoms with Crippen LogP contribution in [-0.4, -0.2) is 44.1 Å². The van der Waals surface area contributed by atoms with E-state index in [0.29, 0.717) is 33.3 Å². The van der Waals surface area contributed by atoms with Gasteiger partial charge < -0.3 is 24.8 Å². The van der Waals surface area contributed by atoms with Crippen LogP contribution in [-0.2, 0) is 20.9 Å². The molecule has 1 aliphatic rings. The zero-order chi connectivity index (χ0) is 27.1. The summed E-state index contributed by atoms with van der Waals surface area (Å²) in [4.78, 5) is 33.8. The Balaban J connectivity index is 1.80. The number of aryl methyl sites for hydroxylation is 1. The number of nitrogens with zero attached hydrogens (tertiary/aromatic N) is 2. The van der Waals surface area contributed by atoms with Crippen molar-refractivity contribution in [3.05, 3.63) is 87.9 Å². The Morgan fingerprint density at radius 1 is 1.11 bits per heavy atom. The van der Waals surface area contributed by atoms with Gasteiger partial charge in [-0.2, -0.15) is 0 Å². The van der Waals surface area contributed by atoms with Gasteiger partial charge in [0.1, 0.15) is 23.4 Å². The van der Waals surface area contributed by atoms with Crippen molar-refractivity contribution in [1.82, 2.24) is 9.97 Å². The number of methoxy groups -OCH3 is 1. The first-order valence-corrected chi connectivity index (χ1v) is 12.0. The number of rotatable bonds is 6. The van der Waals surface area contributed by atoms with E-state index in [1.807, 2.05) is 24.3 Å². The first-order valence-electron chi connectivity index (χ1n) is 12.0. The van der Waals surface area contributed by atoms with Crippen LogP contribution in [0.2, 0.25) is 0 Å². The lowest BCUT2D eigenvalue weighted by molar-refractivity contribution is -0.140. The Labute approximate surface area is 218 Å². The van der Waals surface area contributed by atoms with Gasteiger partial charge in [-0.05, 0) is 37.6 Å². The van der Waals surface area contributed by atoms with Crippen LogP contribution in [0.5, 0.6) is 17.2 Å². The molecule has 4 aromatic rings. The molecular formula is C29H26N2O7. The number of phenols is 2. The Kier molecular flexibility index (Phi) is 6.46. The molecule has 0 fully saturated rings. The number of ketones is 1. The quantitative estimate of drug-likeness (QED) is 0.249. The van der Waals surface area contributed by atoms with Gasteiger partial charge in [0.15, 0.2) is 5.78 Å². The molecule has 0 saturated carbocycles. The van der Waals surface area contributed by atoms with Crippen LogP contribution in [0.3, 0.4) is 0 Å². The predicted molar refractivity (Wildman–Crippen MR) is 137 cm³/mol. The maximum atomic E-state index is 12.7. The molecule has 3 N–H and O–H groups in total. The Morgan fingerprint density at radius 2 is 1.87 bits per heavy atom. The third-order valence-corrected chi connectivity index (χ3v) is 7.03. The highest BCUT2D eigenvalue weighted by molar-refractivity contribution is 5.98. The monoisotopic (exact) mass is 514 g/mol. The molecular weight excluding hydrogens is 488 g/mol. The first-order chi connectivity index (χ1) is 18.2. The third-order valence-electron chi connectivity index (χ3n) is 7.03. The smallest absolute Gasteiger partial charge is 0.306 e. The van der Waals surface area contributed by atoms with Gasteiger partial charge >= 0.3 is 5.97 Å². The number of hydrogen-bond donors (Lipinski definition) is 3. The standard InChI is InChI=1S/C29H26N2O7/c1-14-26(34)24-16(12-31-14)13-38-29(24)21-10-19(15(2)32)27(35)25(28(21)36)20(11-23(33)37-3)17-8-9-30-22-7-5-4-6-18(17)22/h4-10,12,20,29,34-36H,11,13H2,1-3H3/t20-,29+/m1/s1. The highest BCUT2D eigenvalue weighted by Crippen LogP contribution is 2.51. The molecule has 0 aliphatic carbocycles. The summed E-state index contributed by atoms with van der Waals surface area (Å²) in [6.45, 7) is 3.08. The summed E-state index contributed by atoms with van der Waals surface area (Å²) >= 11 is 0. The van der Waals surface area contributed by atoms with E-state index < -0.39 is 29.5 Å². The molecule has 5 rings (SSSR count). The van der Waals surface area contributed by atoms with Crippen LogP contribution in [0.15, 0.2) is 48.8 Å². The first kappa shape index (κ1) is 25.2. The lowest BCUT2D eigenvalue weighted by Gasteiger charge is -2.25. The predicted octanol–water partition coefficient (Wildman–Crippen LogP) is 4.57. The lowest BCUT2D eigenvalue weighted by atomic mass is 9.82. The van der Waals surface area contributed by atoms with Gasteiger partial charge in [-0.15, -0.1) is 0 Å². The molecule has 2 atom stereocenters. The summed E-state index contributed by atoms with van der Waals surface area (Å²) in [6, 6.07) is 10.4. The zero-order valence-corrected chi connectivity index (χ0v) is 21.1. The topological polar surface area (TPSA) is 139 Å². The van der Waals surface area contributed by atoms with Gasteiger partial charge in [0.25, 0.3) is 0 Å². The van der Waals surface area contributed by atoms with Crippen LogP contribution in [0, 0.1) is 6.92 Å². The summed E-state index contributed by atoms with van der Waals surface area (Å²) in [5, 5.41) is 34.5. The normalized spacial score (nSPS) is 15.3. The van der Waals surface area contributed by atoms with Crippen LogP contribution in [0.1, 0.15) is 69.2 Å². The number of esters is 1. The molecule has 9 nitrogen and oxygen atoms in total. The number of fused-ring (bicyclic) bond motifs is 2. The zero-order valence-electron chi connectivity index (χ0n) is 21.1. The number of para-hydroxylation sites is 1. The van der Waals surface area contributed by atoms with E-state index in [4.69, 9.17) is 9.47 Å². The van der Waals surface area contributed by atoms with Gasteiger partial charge in [0.2, 0.25) is 0 Å². The largest absolute Gasteiger partial charge is 0.507 e. The van der Waals surface area contributed by atoms with E-state index in [1.54, 1.807) is 25.4 Å². The average Bonchev–Trinajstić information content (AvgIpc) is 3.34. The Morgan fingerprint density at radius 3 is 2.61 bits per heavy atom. The number of carbonyl (C=O) groups is 2. The molecule has 38 heavy (non-hydrogen) atoms. The average molecular weight is 515 g/mol. The Bertz CT molecular complexity index is 1590. The molecule has 0 bridgehead atoms. The minimum absolute atomic E-state index is 0.0169. The highest BCUT2D eigenvalue weighted by atomic mass is 16.5. The molecule has 2 aromatic carbocycles. The summed E-state index contributed by atoms with van der Waals surface area (Å²) in [7, 11) is 1.25. The van der Waals surface area contributed by atoms with E-state index in [1.165, 1.54) is 20.1 Å². The van der Waals surface area contributed by atoms with Crippen molar-refractivity contribution in [3.8, 4) is 17.2 Å². The maximum Gasteiger partial charge on any atom is 0.306 e. The van der Waals surface area contributed by atoms with E-state index in [0.717, 1.165) is 0 Å². The van der Waals surface area contributed by atoms with Crippen molar-refractivity contribution in [2.45, 2.75) is 38.9 Å². The van der Waals surface area contributed by atoms with E-state index in [-0.39, 0.29) is 41.2 Å². The summed E-state index contributed by atoms with van der Waals surface area (Å²) < 4.78 is 10.9. The molecule has 0 radical (unpaired) electrons. The summed E-state index contributed by atoms with van der Waals surface area (Å²) in [6.07, 6.45) is 2.01. The molecule has 1 aliphatic heterocycles. The molecule has 3 heterocycles. The molecule has 2 aromatic heterocycles. The number of hydrogen-bond acceptors (Lipinski definition) is 9. The fourth-order valence-electron chi connectivity index (χ4n) is 5.10. The molecule has 0 amide bonds. The number of benzene rings is 2. The number of Topliss-reactive ketones (excluding diaryl/α,β-unsaturated/α-hetero) is 1. The summed E-state index contributed by atoms with van der Waals surface area (Å²) in [5.74, 6) is -2.80. The molecule has 0 saturated heterocycles. The van der Waals surface area contributed by atoms with Crippen molar-refractivity contribution in [3.63, 3.8) is 0 Å². The van der Waals surface area contributed by atoms with Gasteiger partial charge in [-0.1, -0.05) is 18.2 Å². The van der Waals surface area contributed by atoms with E-state index in [2.05, 4.69) is 9.97 Å². The van der Waals surface area contributed by atoms with Crippen molar-refractivity contribution >= 4 is 22.7 Å². The SMILES string of the molecule is COC(=O)C[C@@H](c1c(O)c(C(C)=O)cc([C@@H]2OCc3cnc(C)c(O)c32)c1O)c1ccnc2ccccc12. The molecule has 9 heteroatoms. The van der Waals surface area contributed by atoms with Gasteiger partial charge in [-0.25, -0.2) is 0 Å². The fraction of sp³-hybridized carbons (Fsp3) is 0.241. The minimum Gasteiger partial charge on any atom is -0.507 e. The second-order valence-corrected chi connectivity index (χ2v) is 9.25. The number of ether oxygens (including phenoxy) is 2. The second kappa shape index (κ2) is 9.75. The molecule has 0 unspecified atom stereocenters. The van der Waals surface area contributed by atoms with Crippen molar-refractivity contribution in [2.75, 3.05) is 7.11 Å². The number of phenolic OH excluding ortho intramolecular Hbond substituents is 2. The number of aromatic hydroxyl groups is 3. The second-order valence-electron chi connectivity index (χ2n) is 9.25. The van der Waals surface area contributed by atoms with Gasteiger partial charge in [0, 0.05) is 46.0 Å². The van der Waals surface area contributed by atoms with E-state index >= 15 is 0 Å². The van der Waals surface area contributed by atoms with E-state index in [9.17, 15) is 24.9 Å². The lowest BCUT2D eigenvalue weighted by Crippen LogP contribution is -2.14. The highest BCUT2D eigenvalue weighted by Gasteiger charge is 2.36. The maximum absolute atomic E-state index is 12.7. The van der Waals surface area contributed by atoms with Crippen LogP contribution >= 0.6 is 0 Å². The van der Waals surface area contributed by atoms with Gasteiger partial charge in [0.05, 0.1) is 36.9 Å². The van der Waals surface area contributed by atoms with Crippen molar-refractivity contribution < 1.29 is 34.4 Å². The summed E-state index contributed by atoms with van der Waals surface area (Å²) in [5.41, 5.74) is 2.82. The van der Waals surface area contributed by atoms with Crippen LogP contribution in [0.4, 0.5) is 0 Å². The van der Waals surface area contributed by atoms with Crippen molar-refractivity contribution in [1.29, 1.82) is 0 Å². The fourth-order valence-corrected chi connectivity index (χ4v) is 5.10. The molecule has 0 spiro atoms. The van der Waals surface area contributed by atoms with Crippen LogP contribution < -0.4 is 0 Å². The number of aromatic nitrogens is 2. The van der Waals surface area contributed by atoms with Gasteiger partial charge in [-0.3, -0.25) is 19.6 Å². The number of carbonyl (C=O) groups excluding carboxylic acids is 2. The number of pyridine rings is 2. The molecule has 194 valence electrons. The minimum atomic E-state index is -0.933.